The molecule has 0 radical (unpaired) electrons. The first-order chi connectivity index (χ1) is 11.2. The number of amides is 1. The molecule has 3 rings (SSSR count). The van der Waals surface area contributed by atoms with E-state index >= 15 is 0 Å². The van der Waals surface area contributed by atoms with E-state index in [9.17, 15) is 4.79 Å². The highest BCUT2D eigenvalue weighted by Gasteiger charge is 2.26. The number of H-pyrrole nitrogens is 1. The minimum absolute atomic E-state index is 0.161. The van der Waals surface area contributed by atoms with Crippen LogP contribution in [0.1, 0.15) is 36.7 Å². The Bertz CT molecular complexity index is 639. The van der Waals surface area contributed by atoms with E-state index in [0.717, 1.165) is 43.2 Å². The van der Waals surface area contributed by atoms with Crippen molar-refractivity contribution >= 4 is 5.91 Å². The highest BCUT2D eigenvalue weighted by Crippen LogP contribution is 2.25. The van der Waals surface area contributed by atoms with Crippen molar-refractivity contribution in [1.82, 2.24) is 14.9 Å². The van der Waals surface area contributed by atoms with Crippen molar-refractivity contribution in [2.24, 2.45) is 0 Å². The number of imidazole rings is 1. The van der Waals surface area contributed by atoms with Gasteiger partial charge in [0.05, 0.1) is 13.0 Å². The Kier molecular flexibility index (Phi) is 4.95. The molecule has 1 aliphatic rings. The molecular formula is C18H23N3O2. The number of hydrogen-bond donors (Lipinski definition) is 1. The van der Waals surface area contributed by atoms with Crippen molar-refractivity contribution < 1.29 is 9.53 Å². The number of aryl methyl sites for hydroxylation is 1. The van der Waals surface area contributed by atoms with Gasteiger partial charge in [0.2, 0.25) is 5.91 Å². The maximum atomic E-state index is 12.4. The van der Waals surface area contributed by atoms with Gasteiger partial charge in [-0.1, -0.05) is 18.2 Å². The van der Waals surface area contributed by atoms with Crippen molar-refractivity contribution in [2.45, 2.75) is 32.1 Å². The summed E-state index contributed by atoms with van der Waals surface area (Å²) in [4.78, 5) is 22.0. The highest BCUT2D eigenvalue weighted by molar-refractivity contribution is 5.76. The van der Waals surface area contributed by atoms with Gasteiger partial charge in [-0.15, -0.1) is 0 Å². The largest absolute Gasteiger partial charge is 0.493 e. The summed E-state index contributed by atoms with van der Waals surface area (Å²) in [5, 5.41) is 0. The molecule has 0 bridgehead atoms. The zero-order chi connectivity index (χ0) is 16.1. The maximum absolute atomic E-state index is 12.4. The number of nitrogens with zero attached hydrogens (tertiary/aromatic N) is 2. The average molecular weight is 313 g/mol. The van der Waals surface area contributed by atoms with Crippen molar-refractivity contribution in [1.29, 1.82) is 0 Å². The van der Waals surface area contributed by atoms with Gasteiger partial charge in [0.15, 0.2) is 0 Å². The molecule has 1 aromatic carbocycles. The lowest BCUT2D eigenvalue weighted by Gasteiger charge is -2.32. The Morgan fingerprint density at radius 3 is 2.96 bits per heavy atom. The van der Waals surface area contributed by atoms with E-state index in [4.69, 9.17) is 4.74 Å². The fourth-order valence-electron chi connectivity index (χ4n) is 3.00. The molecular weight excluding hydrogens is 290 g/mol. The zero-order valence-corrected chi connectivity index (χ0v) is 13.5. The molecule has 1 fully saturated rings. The van der Waals surface area contributed by atoms with Crippen LogP contribution < -0.4 is 4.74 Å². The van der Waals surface area contributed by atoms with Crippen LogP contribution in [0.4, 0.5) is 0 Å². The third-order valence-corrected chi connectivity index (χ3v) is 4.21. The first kappa shape index (κ1) is 15.6. The number of carbonyl (C=O) groups excluding carboxylic acids is 1. The summed E-state index contributed by atoms with van der Waals surface area (Å²) >= 11 is 0. The lowest BCUT2D eigenvalue weighted by molar-refractivity contribution is -0.132. The van der Waals surface area contributed by atoms with Gasteiger partial charge in [-0.3, -0.25) is 4.79 Å². The van der Waals surface area contributed by atoms with Crippen molar-refractivity contribution in [2.75, 3.05) is 19.7 Å². The summed E-state index contributed by atoms with van der Waals surface area (Å²) in [5.41, 5.74) is 1.07. The maximum Gasteiger partial charge on any atom is 0.226 e. The molecule has 2 aromatic rings. The second-order valence-electron chi connectivity index (χ2n) is 6.04. The number of nitrogens with one attached hydrogen (secondary N) is 1. The molecule has 1 aliphatic heterocycles. The minimum Gasteiger partial charge on any atom is -0.493 e. The summed E-state index contributed by atoms with van der Waals surface area (Å²) in [6.07, 6.45) is 4.37. The smallest absolute Gasteiger partial charge is 0.226 e. The summed E-state index contributed by atoms with van der Waals surface area (Å²) in [5.74, 6) is 2.29. The first-order valence-electron chi connectivity index (χ1n) is 8.19. The number of aromatic amines is 1. The Morgan fingerprint density at radius 1 is 1.39 bits per heavy atom. The standard InChI is InChI=1S/C18H23N3O2/c1-14-12-19-18(20-14)15-6-5-10-21(13-15)17(22)9-11-23-16-7-3-2-4-8-16/h2-4,7-8,12,15H,5-6,9-11,13H2,1H3,(H,19,20)/t15-/m1/s1. The quantitative estimate of drug-likeness (QED) is 0.923. The minimum atomic E-state index is 0.161. The van der Waals surface area contributed by atoms with Gasteiger partial charge in [-0.05, 0) is 31.9 Å². The predicted octanol–water partition coefficient (Wildman–Crippen LogP) is 2.89. The lowest BCUT2D eigenvalue weighted by atomic mass is 9.97. The molecule has 0 unspecified atom stereocenters. The molecule has 1 amide bonds. The molecule has 1 N–H and O–H groups in total. The van der Waals surface area contributed by atoms with Crippen molar-refractivity contribution in [3.8, 4) is 5.75 Å². The van der Waals surface area contributed by atoms with E-state index in [1.54, 1.807) is 0 Å². The Balaban J connectivity index is 1.49. The molecule has 23 heavy (non-hydrogen) atoms. The zero-order valence-electron chi connectivity index (χ0n) is 13.5. The van der Waals surface area contributed by atoms with E-state index in [0.29, 0.717) is 18.9 Å². The summed E-state index contributed by atoms with van der Waals surface area (Å²) in [7, 11) is 0. The van der Waals surface area contributed by atoms with Crippen LogP contribution in [-0.2, 0) is 4.79 Å². The first-order valence-corrected chi connectivity index (χ1v) is 8.19. The molecule has 1 atom stereocenters. The predicted molar refractivity (Wildman–Crippen MR) is 88.4 cm³/mol. The Labute approximate surface area is 136 Å². The van der Waals surface area contributed by atoms with Gasteiger partial charge in [-0.25, -0.2) is 4.98 Å². The van der Waals surface area contributed by atoms with E-state index in [1.807, 2.05) is 48.4 Å². The molecule has 0 spiro atoms. The van der Waals surface area contributed by atoms with Crippen LogP contribution in [0.25, 0.3) is 0 Å². The number of benzene rings is 1. The van der Waals surface area contributed by atoms with Crippen LogP contribution >= 0.6 is 0 Å². The van der Waals surface area contributed by atoms with Crippen LogP contribution in [0.2, 0.25) is 0 Å². The number of rotatable bonds is 5. The molecule has 1 saturated heterocycles. The van der Waals surface area contributed by atoms with Gasteiger partial charge in [-0.2, -0.15) is 0 Å². The SMILES string of the molecule is Cc1cnc([C@@H]2CCCN(C(=O)CCOc3ccccc3)C2)[nH]1. The fraction of sp³-hybridized carbons (Fsp3) is 0.444. The number of piperidine rings is 1. The summed E-state index contributed by atoms with van der Waals surface area (Å²) < 4.78 is 5.62. The monoisotopic (exact) mass is 313 g/mol. The number of para-hydroxylation sites is 1. The number of hydrogen-bond acceptors (Lipinski definition) is 3. The van der Waals surface area contributed by atoms with Crippen LogP contribution in [0.3, 0.4) is 0 Å². The topological polar surface area (TPSA) is 58.2 Å². The van der Waals surface area contributed by atoms with Crippen LogP contribution in [-0.4, -0.2) is 40.5 Å². The number of likely N-dealkylation sites (tertiary alicyclic amines) is 1. The van der Waals surface area contributed by atoms with Crippen LogP contribution in [0.5, 0.6) is 5.75 Å². The number of aromatic nitrogens is 2. The van der Waals surface area contributed by atoms with Crippen molar-refractivity contribution in [3.63, 3.8) is 0 Å². The second-order valence-corrected chi connectivity index (χ2v) is 6.04. The van der Waals surface area contributed by atoms with Crippen LogP contribution in [0.15, 0.2) is 36.5 Å². The van der Waals surface area contributed by atoms with E-state index in [-0.39, 0.29) is 5.91 Å². The van der Waals surface area contributed by atoms with Gasteiger partial charge in [0.1, 0.15) is 11.6 Å². The van der Waals surface area contributed by atoms with E-state index in [2.05, 4.69) is 9.97 Å². The molecule has 2 heterocycles. The van der Waals surface area contributed by atoms with Gasteiger partial charge < -0.3 is 14.6 Å². The van der Waals surface area contributed by atoms with Gasteiger partial charge in [0.25, 0.3) is 0 Å². The summed E-state index contributed by atoms with van der Waals surface area (Å²) in [6.45, 7) is 4.00. The molecule has 122 valence electrons. The van der Waals surface area contributed by atoms with E-state index < -0.39 is 0 Å². The third kappa shape index (κ3) is 4.12. The third-order valence-electron chi connectivity index (χ3n) is 4.21. The Hall–Kier alpha value is -2.30. The average Bonchev–Trinajstić information content (AvgIpc) is 3.02. The fourth-order valence-corrected chi connectivity index (χ4v) is 3.00. The molecule has 5 nitrogen and oxygen atoms in total. The second kappa shape index (κ2) is 7.31. The lowest BCUT2D eigenvalue weighted by Crippen LogP contribution is -2.39. The van der Waals surface area contributed by atoms with Crippen LogP contribution in [0, 0.1) is 6.92 Å². The van der Waals surface area contributed by atoms with Gasteiger partial charge in [0, 0.05) is 30.9 Å². The number of carbonyl (C=O) groups is 1. The summed E-state index contributed by atoms with van der Waals surface area (Å²) in [6, 6.07) is 9.61. The molecule has 5 heteroatoms. The molecule has 1 aromatic heterocycles. The van der Waals surface area contributed by atoms with Gasteiger partial charge >= 0.3 is 0 Å². The Morgan fingerprint density at radius 2 is 2.22 bits per heavy atom. The van der Waals surface area contributed by atoms with Crippen molar-refractivity contribution in [3.05, 3.63) is 48.0 Å². The molecule has 0 saturated carbocycles. The normalized spacial score (nSPS) is 18.0. The van der Waals surface area contributed by atoms with E-state index in [1.165, 1.54) is 0 Å². The molecule has 0 aliphatic carbocycles. The number of ether oxygens (including phenoxy) is 1. The highest BCUT2D eigenvalue weighted by atomic mass is 16.5.